The maximum Gasteiger partial charge on any atom is 0.255 e. The van der Waals surface area contributed by atoms with E-state index in [4.69, 9.17) is 0 Å². The lowest BCUT2D eigenvalue weighted by Gasteiger charge is -2.43. The number of rotatable bonds is 3. The third-order valence-corrected chi connectivity index (χ3v) is 6.31. The van der Waals surface area contributed by atoms with E-state index in [1.807, 2.05) is 35.2 Å². The predicted octanol–water partition coefficient (Wildman–Crippen LogP) is 2.45. The van der Waals surface area contributed by atoms with Gasteiger partial charge in [-0.1, -0.05) is 12.1 Å². The number of likely N-dealkylation sites (tertiary alicyclic amines) is 1. The molecule has 0 N–H and O–H groups in total. The van der Waals surface area contributed by atoms with E-state index in [0.717, 1.165) is 68.8 Å². The van der Waals surface area contributed by atoms with Crippen molar-refractivity contribution < 1.29 is 4.79 Å². The van der Waals surface area contributed by atoms with E-state index in [0.29, 0.717) is 11.6 Å². The fourth-order valence-corrected chi connectivity index (χ4v) is 4.65. The molecule has 2 aromatic heterocycles. The van der Waals surface area contributed by atoms with Gasteiger partial charge in [-0.05, 0) is 37.1 Å². The summed E-state index contributed by atoms with van der Waals surface area (Å²) in [6.07, 6.45) is 7.08. The van der Waals surface area contributed by atoms with Crippen LogP contribution in [0.15, 0.2) is 55.1 Å². The number of benzene rings is 1. The second-order valence-electron chi connectivity index (χ2n) is 8.00. The third kappa shape index (κ3) is 3.73. The summed E-state index contributed by atoms with van der Waals surface area (Å²) in [5, 5.41) is 1.12. The number of hydrogen-bond donors (Lipinski definition) is 0. The summed E-state index contributed by atoms with van der Waals surface area (Å²) >= 11 is 0. The van der Waals surface area contributed by atoms with Crippen LogP contribution in [0.25, 0.3) is 10.9 Å². The molecule has 4 heterocycles. The first kappa shape index (κ1) is 18.9. The number of hydrogen-bond acceptors (Lipinski definition) is 6. The van der Waals surface area contributed by atoms with Crippen molar-refractivity contribution in [3.63, 3.8) is 0 Å². The Balaban J connectivity index is 1.17. The number of carbonyl (C=O) groups excluding carboxylic acids is 1. The first-order chi connectivity index (χ1) is 14.8. The summed E-state index contributed by atoms with van der Waals surface area (Å²) in [4.78, 5) is 32.6. The molecule has 0 saturated carbocycles. The lowest BCUT2D eigenvalue weighted by atomic mass is 10.0. The van der Waals surface area contributed by atoms with Crippen LogP contribution in [0, 0.1) is 0 Å². The van der Waals surface area contributed by atoms with Crippen LogP contribution < -0.4 is 4.90 Å². The van der Waals surface area contributed by atoms with Crippen LogP contribution in [0.1, 0.15) is 23.2 Å². The van der Waals surface area contributed by atoms with Gasteiger partial charge in [0, 0.05) is 63.1 Å². The van der Waals surface area contributed by atoms with E-state index >= 15 is 0 Å². The van der Waals surface area contributed by atoms with Crippen LogP contribution in [0.4, 0.5) is 5.82 Å². The summed E-state index contributed by atoms with van der Waals surface area (Å²) in [6, 6.07) is 12.4. The Labute approximate surface area is 176 Å². The van der Waals surface area contributed by atoms with Gasteiger partial charge >= 0.3 is 0 Å². The van der Waals surface area contributed by atoms with E-state index in [1.54, 1.807) is 18.7 Å². The Morgan fingerprint density at radius 2 is 1.70 bits per heavy atom. The number of piperidine rings is 1. The predicted molar refractivity (Wildman–Crippen MR) is 116 cm³/mol. The van der Waals surface area contributed by atoms with Crippen molar-refractivity contribution >= 4 is 22.6 Å². The van der Waals surface area contributed by atoms with Crippen molar-refractivity contribution in [3.05, 3.63) is 60.7 Å². The number of fused-ring (bicyclic) bond motifs is 1. The number of amides is 1. The summed E-state index contributed by atoms with van der Waals surface area (Å²) in [6.45, 7) is 5.62. The van der Waals surface area contributed by atoms with Crippen LogP contribution in [0.3, 0.4) is 0 Å². The Hall–Kier alpha value is -3.06. The van der Waals surface area contributed by atoms with Gasteiger partial charge < -0.3 is 9.80 Å². The molecular formula is C23H26N6O. The number of piperazine rings is 1. The van der Waals surface area contributed by atoms with Crippen LogP contribution in [-0.4, -0.2) is 76.0 Å². The van der Waals surface area contributed by atoms with Crippen LogP contribution in [-0.2, 0) is 0 Å². The molecule has 30 heavy (non-hydrogen) atoms. The highest BCUT2D eigenvalue weighted by Gasteiger charge is 2.30. The van der Waals surface area contributed by atoms with Gasteiger partial charge in [0.25, 0.3) is 5.91 Å². The maximum absolute atomic E-state index is 12.6. The molecule has 0 bridgehead atoms. The molecule has 0 aliphatic carbocycles. The highest BCUT2D eigenvalue weighted by molar-refractivity contribution is 5.94. The highest BCUT2D eigenvalue weighted by Crippen LogP contribution is 2.25. The zero-order chi connectivity index (χ0) is 20.3. The molecule has 2 saturated heterocycles. The third-order valence-electron chi connectivity index (χ3n) is 6.31. The standard InChI is InChI=1S/C23H26N6O/c30-23(18-4-3-9-24-16-18)29-10-7-19(8-11-29)27-12-14-28(15-13-27)22-20-5-1-2-6-21(20)25-17-26-22/h1-6,9,16-17,19H,7-8,10-15H2. The monoisotopic (exact) mass is 402 g/mol. The van der Waals surface area contributed by atoms with Crippen molar-refractivity contribution in [2.75, 3.05) is 44.2 Å². The lowest BCUT2D eigenvalue weighted by molar-refractivity contribution is 0.0610. The Morgan fingerprint density at radius 1 is 0.900 bits per heavy atom. The molecule has 1 amide bonds. The molecule has 5 rings (SSSR count). The first-order valence-corrected chi connectivity index (χ1v) is 10.7. The van der Waals surface area contributed by atoms with E-state index in [9.17, 15) is 4.79 Å². The Bertz CT molecular complexity index is 1010. The van der Waals surface area contributed by atoms with Gasteiger partial charge in [-0.25, -0.2) is 9.97 Å². The van der Waals surface area contributed by atoms with Gasteiger partial charge in [-0.2, -0.15) is 0 Å². The van der Waals surface area contributed by atoms with Gasteiger partial charge in [-0.3, -0.25) is 14.7 Å². The fourth-order valence-electron chi connectivity index (χ4n) is 4.65. The van der Waals surface area contributed by atoms with Gasteiger partial charge in [0.1, 0.15) is 12.1 Å². The summed E-state index contributed by atoms with van der Waals surface area (Å²) in [5.74, 6) is 1.14. The molecule has 2 aliphatic heterocycles. The fraction of sp³-hybridized carbons (Fsp3) is 0.391. The Kier molecular flexibility index (Phi) is 5.27. The molecule has 2 fully saturated rings. The van der Waals surface area contributed by atoms with E-state index < -0.39 is 0 Å². The number of nitrogens with zero attached hydrogens (tertiary/aromatic N) is 6. The Morgan fingerprint density at radius 3 is 2.47 bits per heavy atom. The zero-order valence-corrected chi connectivity index (χ0v) is 17.0. The first-order valence-electron chi connectivity index (χ1n) is 10.7. The lowest BCUT2D eigenvalue weighted by Crippen LogP contribution is -2.54. The molecule has 1 aromatic carbocycles. The molecule has 154 valence electrons. The van der Waals surface area contributed by atoms with E-state index in [-0.39, 0.29) is 5.91 Å². The van der Waals surface area contributed by atoms with Gasteiger partial charge in [0.05, 0.1) is 11.1 Å². The molecule has 0 unspecified atom stereocenters. The molecule has 0 spiro atoms. The number of aromatic nitrogens is 3. The molecular weight excluding hydrogens is 376 g/mol. The topological polar surface area (TPSA) is 65.5 Å². The number of para-hydroxylation sites is 1. The SMILES string of the molecule is O=C(c1cccnc1)N1CCC(N2CCN(c3ncnc4ccccc34)CC2)CC1. The number of pyridine rings is 1. The number of anilines is 1. The summed E-state index contributed by atoms with van der Waals surface area (Å²) < 4.78 is 0. The average molecular weight is 403 g/mol. The highest BCUT2D eigenvalue weighted by atomic mass is 16.2. The van der Waals surface area contributed by atoms with Crippen molar-refractivity contribution in [2.45, 2.75) is 18.9 Å². The summed E-state index contributed by atoms with van der Waals surface area (Å²) in [7, 11) is 0. The maximum atomic E-state index is 12.6. The van der Waals surface area contributed by atoms with Crippen molar-refractivity contribution in [2.24, 2.45) is 0 Å². The largest absolute Gasteiger partial charge is 0.353 e. The minimum absolute atomic E-state index is 0.0991. The van der Waals surface area contributed by atoms with Gasteiger partial charge in [0.2, 0.25) is 0 Å². The summed E-state index contributed by atoms with van der Waals surface area (Å²) in [5.41, 5.74) is 1.68. The molecule has 7 heteroatoms. The zero-order valence-electron chi connectivity index (χ0n) is 17.0. The van der Waals surface area contributed by atoms with Crippen molar-refractivity contribution in [1.82, 2.24) is 24.8 Å². The van der Waals surface area contributed by atoms with Crippen LogP contribution in [0.2, 0.25) is 0 Å². The van der Waals surface area contributed by atoms with E-state index in [1.165, 1.54) is 0 Å². The van der Waals surface area contributed by atoms with Crippen LogP contribution >= 0.6 is 0 Å². The molecule has 2 aliphatic rings. The van der Waals surface area contributed by atoms with Crippen molar-refractivity contribution in [3.8, 4) is 0 Å². The molecule has 0 radical (unpaired) electrons. The molecule has 3 aromatic rings. The minimum Gasteiger partial charge on any atom is -0.353 e. The van der Waals surface area contributed by atoms with Crippen LogP contribution in [0.5, 0.6) is 0 Å². The second-order valence-corrected chi connectivity index (χ2v) is 8.00. The van der Waals surface area contributed by atoms with Gasteiger partial charge in [0.15, 0.2) is 0 Å². The average Bonchev–Trinajstić information content (AvgIpc) is 2.84. The smallest absolute Gasteiger partial charge is 0.255 e. The number of carbonyl (C=O) groups is 1. The second kappa shape index (κ2) is 8.36. The normalized spacial score (nSPS) is 18.7. The molecule has 7 nitrogen and oxygen atoms in total. The van der Waals surface area contributed by atoms with Gasteiger partial charge in [-0.15, -0.1) is 0 Å². The van der Waals surface area contributed by atoms with Crippen molar-refractivity contribution in [1.29, 1.82) is 0 Å². The quantitative estimate of drug-likeness (QED) is 0.671. The molecule has 0 atom stereocenters. The van der Waals surface area contributed by atoms with E-state index in [2.05, 4.69) is 30.8 Å². The minimum atomic E-state index is 0.0991.